The molecule has 31 heavy (non-hydrogen) atoms. The Morgan fingerprint density at radius 2 is 1.06 bits per heavy atom. The summed E-state index contributed by atoms with van der Waals surface area (Å²) >= 11 is 0. The van der Waals surface area contributed by atoms with Gasteiger partial charge in [0.1, 0.15) is 23.0 Å². The molecule has 1 radical (unpaired) electrons. The highest BCUT2D eigenvalue weighted by atomic mass is 19.4. The molecule has 0 N–H and O–H groups in total. The smallest absolute Gasteiger partial charge is 0.526 e. The molecule has 4 nitrogen and oxygen atoms in total. The molecule has 0 saturated carbocycles. The molecule has 0 aromatic heterocycles. The molecular weight excluding hydrogens is 429 g/mol. The SMILES string of the molecule is CCCOc1ccc(O[B]Oc2ccc(OCCC)cc2C(F)(F)F)c(C(F)(F)F)c1. The second-order valence-electron chi connectivity index (χ2n) is 6.34. The lowest BCUT2D eigenvalue weighted by atomic mass is 10.1. The van der Waals surface area contributed by atoms with Gasteiger partial charge < -0.3 is 18.8 Å². The minimum Gasteiger partial charge on any atom is -0.526 e. The zero-order chi connectivity index (χ0) is 23.1. The second kappa shape index (κ2) is 10.5. The summed E-state index contributed by atoms with van der Waals surface area (Å²) in [5, 5.41) is 0. The van der Waals surface area contributed by atoms with E-state index >= 15 is 0 Å². The molecule has 0 aliphatic rings. The third-order valence-corrected chi connectivity index (χ3v) is 3.81. The normalized spacial score (nSPS) is 11.7. The van der Waals surface area contributed by atoms with Crippen molar-refractivity contribution >= 4 is 7.69 Å². The van der Waals surface area contributed by atoms with Crippen molar-refractivity contribution in [2.75, 3.05) is 13.2 Å². The van der Waals surface area contributed by atoms with Gasteiger partial charge in [-0.1, -0.05) is 13.8 Å². The van der Waals surface area contributed by atoms with Crippen LogP contribution in [-0.2, 0) is 12.4 Å². The molecule has 0 saturated heterocycles. The van der Waals surface area contributed by atoms with Gasteiger partial charge in [-0.15, -0.1) is 0 Å². The number of rotatable bonds is 10. The molecule has 2 aromatic carbocycles. The molecule has 0 fully saturated rings. The lowest BCUT2D eigenvalue weighted by Gasteiger charge is -2.17. The molecule has 169 valence electrons. The Kier molecular flexibility index (Phi) is 8.35. The predicted octanol–water partition coefficient (Wildman–Crippen LogP) is 6.29. The number of benzene rings is 2. The summed E-state index contributed by atoms with van der Waals surface area (Å²) in [5.74, 6) is -1.31. The van der Waals surface area contributed by atoms with Crippen LogP contribution >= 0.6 is 0 Å². The number of alkyl halides is 6. The van der Waals surface area contributed by atoms with E-state index in [4.69, 9.17) is 18.8 Å². The van der Waals surface area contributed by atoms with E-state index in [1.54, 1.807) is 13.8 Å². The first-order valence-electron chi connectivity index (χ1n) is 9.39. The molecule has 0 aliphatic carbocycles. The summed E-state index contributed by atoms with van der Waals surface area (Å²) in [6.45, 7) is 4.05. The van der Waals surface area contributed by atoms with Gasteiger partial charge in [0.15, 0.2) is 0 Å². The maximum absolute atomic E-state index is 13.3. The van der Waals surface area contributed by atoms with Crippen molar-refractivity contribution in [2.45, 2.75) is 39.0 Å². The Balaban J connectivity index is 2.17. The maximum Gasteiger partial charge on any atom is 0.658 e. The first kappa shape index (κ1) is 24.6. The lowest BCUT2D eigenvalue weighted by Crippen LogP contribution is -2.17. The van der Waals surface area contributed by atoms with E-state index < -0.39 is 35.0 Å². The molecule has 11 heteroatoms. The van der Waals surface area contributed by atoms with Crippen LogP contribution in [0.4, 0.5) is 26.3 Å². The summed E-state index contributed by atoms with van der Waals surface area (Å²) in [6, 6.07) is 6.02. The molecule has 0 atom stereocenters. The van der Waals surface area contributed by atoms with Gasteiger partial charge in [0, 0.05) is 0 Å². The summed E-state index contributed by atoms with van der Waals surface area (Å²) in [6.07, 6.45) is -8.34. The molecule has 0 amide bonds. The molecular formula is C20H20BF6O4. The van der Waals surface area contributed by atoms with Gasteiger partial charge in [0.2, 0.25) is 0 Å². The number of halogens is 6. The maximum atomic E-state index is 13.3. The molecule has 0 spiro atoms. The van der Waals surface area contributed by atoms with E-state index in [0.717, 1.165) is 24.3 Å². The van der Waals surface area contributed by atoms with Crippen molar-refractivity contribution in [1.29, 1.82) is 0 Å². The molecule has 2 aromatic rings. The Labute approximate surface area is 176 Å². The van der Waals surface area contributed by atoms with Crippen LogP contribution in [-0.4, -0.2) is 20.9 Å². The minimum atomic E-state index is -4.77. The van der Waals surface area contributed by atoms with Crippen molar-refractivity contribution in [2.24, 2.45) is 0 Å². The van der Waals surface area contributed by atoms with Crippen LogP contribution in [0.25, 0.3) is 0 Å². The van der Waals surface area contributed by atoms with Crippen LogP contribution in [0.5, 0.6) is 23.0 Å². The van der Waals surface area contributed by atoms with Crippen LogP contribution in [0.1, 0.15) is 37.8 Å². The fraction of sp³-hybridized carbons (Fsp3) is 0.400. The monoisotopic (exact) mass is 449 g/mol. The quantitative estimate of drug-likeness (QED) is 0.316. The van der Waals surface area contributed by atoms with E-state index in [9.17, 15) is 26.3 Å². The fourth-order valence-corrected chi connectivity index (χ4v) is 2.41. The molecule has 0 aliphatic heterocycles. The summed E-state index contributed by atoms with van der Waals surface area (Å²) in [5.41, 5.74) is -2.30. The summed E-state index contributed by atoms with van der Waals surface area (Å²) in [4.78, 5) is 0. The third kappa shape index (κ3) is 7.18. The van der Waals surface area contributed by atoms with E-state index in [1.165, 1.54) is 12.1 Å². The standard InChI is InChI=1S/C20H20BF6O4/c1-3-9-28-13-5-7-17(15(11-13)19(22,23)24)30-21-31-18-8-6-14(29-10-4-2)12-16(18)20(25,26)27/h5-8,11-12H,3-4,9-10H2,1-2H3. The number of hydrogen-bond acceptors (Lipinski definition) is 4. The van der Waals surface area contributed by atoms with E-state index in [2.05, 4.69) is 0 Å². The zero-order valence-electron chi connectivity index (χ0n) is 16.8. The van der Waals surface area contributed by atoms with Gasteiger partial charge >= 0.3 is 20.0 Å². The first-order valence-corrected chi connectivity index (χ1v) is 9.39. The number of ether oxygens (including phenoxy) is 2. The van der Waals surface area contributed by atoms with E-state index in [1.807, 2.05) is 0 Å². The van der Waals surface area contributed by atoms with Crippen LogP contribution < -0.4 is 18.8 Å². The summed E-state index contributed by atoms with van der Waals surface area (Å²) in [7, 11) is 0.411. The highest BCUT2D eigenvalue weighted by Gasteiger charge is 2.36. The van der Waals surface area contributed by atoms with Crippen LogP contribution in [0.2, 0.25) is 0 Å². The van der Waals surface area contributed by atoms with Gasteiger partial charge in [0.05, 0.1) is 24.3 Å². The van der Waals surface area contributed by atoms with Gasteiger partial charge in [0.25, 0.3) is 0 Å². The molecule has 0 unspecified atom stereocenters. The lowest BCUT2D eigenvalue weighted by molar-refractivity contribution is -0.139. The van der Waals surface area contributed by atoms with Gasteiger partial charge in [-0.2, -0.15) is 26.3 Å². The predicted molar refractivity (Wildman–Crippen MR) is 101 cm³/mol. The highest BCUT2D eigenvalue weighted by molar-refractivity contribution is 6.20. The second-order valence-corrected chi connectivity index (χ2v) is 6.34. The molecule has 2 rings (SSSR count). The topological polar surface area (TPSA) is 36.9 Å². The van der Waals surface area contributed by atoms with E-state index in [0.29, 0.717) is 20.5 Å². The zero-order valence-corrected chi connectivity index (χ0v) is 16.8. The molecule has 0 heterocycles. The van der Waals surface area contributed by atoms with Crippen LogP contribution in [0.3, 0.4) is 0 Å². The Bertz CT molecular complexity index is 785. The highest BCUT2D eigenvalue weighted by Crippen LogP contribution is 2.40. The molecule has 0 bridgehead atoms. The van der Waals surface area contributed by atoms with Gasteiger partial charge in [-0.05, 0) is 49.2 Å². The Morgan fingerprint density at radius 3 is 1.39 bits per heavy atom. The Morgan fingerprint density at radius 1 is 0.677 bits per heavy atom. The van der Waals surface area contributed by atoms with E-state index in [-0.39, 0.29) is 24.7 Å². The fourth-order valence-electron chi connectivity index (χ4n) is 2.41. The van der Waals surface area contributed by atoms with Gasteiger partial charge in [-0.3, -0.25) is 0 Å². The third-order valence-electron chi connectivity index (χ3n) is 3.81. The summed E-state index contributed by atoms with van der Waals surface area (Å²) < 4.78 is 100.0. The first-order chi connectivity index (χ1) is 14.6. The number of hydrogen-bond donors (Lipinski definition) is 0. The minimum absolute atomic E-state index is 0.00975. The van der Waals surface area contributed by atoms with Gasteiger partial charge in [-0.25, -0.2) is 0 Å². The Hall–Kier alpha value is -2.72. The van der Waals surface area contributed by atoms with Crippen LogP contribution in [0, 0.1) is 0 Å². The van der Waals surface area contributed by atoms with Crippen molar-refractivity contribution in [1.82, 2.24) is 0 Å². The van der Waals surface area contributed by atoms with Crippen molar-refractivity contribution in [3.05, 3.63) is 47.5 Å². The van der Waals surface area contributed by atoms with Crippen molar-refractivity contribution < 1.29 is 45.1 Å². The van der Waals surface area contributed by atoms with Crippen molar-refractivity contribution in [3.63, 3.8) is 0 Å². The van der Waals surface area contributed by atoms with Crippen molar-refractivity contribution in [3.8, 4) is 23.0 Å². The average molecular weight is 449 g/mol. The van der Waals surface area contributed by atoms with Crippen LogP contribution in [0.15, 0.2) is 36.4 Å². The average Bonchev–Trinajstić information content (AvgIpc) is 2.70. The largest absolute Gasteiger partial charge is 0.658 e.